The molecular weight excluding hydrogens is 205 g/mol. The predicted octanol–water partition coefficient (Wildman–Crippen LogP) is 3.32. The molecule has 1 aromatic carbocycles. The van der Waals surface area contributed by atoms with E-state index >= 15 is 0 Å². The van der Waals surface area contributed by atoms with E-state index in [0.717, 1.165) is 12.1 Å². The van der Waals surface area contributed by atoms with Crippen LogP contribution in [0.15, 0.2) is 18.2 Å². The summed E-state index contributed by atoms with van der Waals surface area (Å²) in [6.07, 6.45) is -4.35. The molecule has 1 nitrogen and oxygen atoms in total. The minimum absolute atomic E-state index is 0.0117. The monoisotopic (exact) mass is 218 g/mol. The third-order valence-electron chi connectivity index (χ3n) is 2.19. The van der Waals surface area contributed by atoms with Crippen LogP contribution < -0.4 is 0 Å². The second-order valence-corrected chi connectivity index (χ2v) is 3.77. The van der Waals surface area contributed by atoms with Crippen LogP contribution in [0.3, 0.4) is 0 Å². The molecule has 0 saturated heterocycles. The van der Waals surface area contributed by atoms with Crippen molar-refractivity contribution >= 4 is 0 Å². The average molecular weight is 218 g/mol. The standard InChI is InChI=1S/C11H13F3O/c1-7(2)9-3-8(6-15)4-10(5-9)11(12,13)14/h3-5,7,15H,6H2,1-2H3. The summed E-state index contributed by atoms with van der Waals surface area (Å²) in [5.74, 6) is 0.0117. The van der Waals surface area contributed by atoms with E-state index in [1.165, 1.54) is 0 Å². The third kappa shape index (κ3) is 2.96. The summed E-state index contributed by atoms with van der Waals surface area (Å²) in [7, 11) is 0. The van der Waals surface area contributed by atoms with Gasteiger partial charge in [-0.15, -0.1) is 0 Å². The molecule has 4 heteroatoms. The van der Waals surface area contributed by atoms with E-state index in [-0.39, 0.29) is 12.5 Å². The zero-order valence-electron chi connectivity index (χ0n) is 8.60. The fourth-order valence-corrected chi connectivity index (χ4v) is 1.31. The number of alkyl halides is 3. The van der Waals surface area contributed by atoms with Gasteiger partial charge in [-0.2, -0.15) is 13.2 Å². The highest BCUT2D eigenvalue weighted by molar-refractivity contribution is 5.33. The molecule has 1 rings (SSSR count). The lowest BCUT2D eigenvalue weighted by Crippen LogP contribution is -2.07. The number of rotatable bonds is 2. The van der Waals surface area contributed by atoms with Crippen LogP contribution in [0.5, 0.6) is 0 Å². The van der Waals surface area contributed by atoms with E-state index in [1.807, 2.05) is 13.8 Å². The summed E-state index contributed by atoms with van der Waals surface area (Å²) in [5.41, 5.74) is 0.195. The van der Waals surface area contributed by atoms with Gasteiger partial charge >= 0.3 is 6.18 Å². The van der Waals surface area contributed by atoms with E-state index in [1.54, 1.807) is 6.07 Å². The molecule has 0 aromatic heterocycles. The number of halogens is 3. The Bertz CT molecular complexity index is 342. The molecule has 0 atom stereocenters. The second-order valence-electron chi connectivity index (χ2n) is 3.77. The van der Waals surface area contributed by atoms with E-state index < -0.39 is 11.7 Å². The molecule has 84 valence electrons. The molecule has 0 aliphatic heterocycles. The third-order valence-corrected chi connectivity index (χ3v) is 2.19. The van der Waals surface area contributed by atoms with E-state index in [2.05, 4.69) is 0 Å². The van der Waals surface area contributed by atoms with Crippen molar-refractivity contribution in [3.05, 3.63) is 34.9 Å². The lowest BCUT2D eigenvalue weighted by atomic mass is 9.98. The minimum atomic E-state index is -4.35. The first-order chi connectivity index (χ1) is 6.84. The van der Waals surface area contributed by atoms with Gasteiger partial charge in [0, 0.05) is 0 Å². The van der Waals surface area contributed by atoms with Crippen LogP contribution in [-0.4, -0.2) is 5.11 Å². The average Bonchev–Trinajstić information content (AvgIpc) is 2.15. The summed E-state index contributed by atoms with van der Waals surface area (Å²) in [4.78, 5) is 0. The fourth-order valence-electron chi connectivity index (χ4n) is 1.31. The van der Waals surface area contributed by atoms with Crippen molar-refractivity contribution in [3.8, 4) is 0 Å². The highest BCUT2D eigenvalue weighted by atomic mass is 19.4. The van der Waals surface area contributed by atoms with Gasteiger partial charge in [0.25, 0.3) is 0 Å². The van der Waals surface area contributed by atoms with Crippen LogP contribution in [0.25, 0.3) is 0 Å². The molecule has 1 aromatic rings. The Hall–Kier alpha value is -1.03. The topological polar surface area (TPSA) is 20.2 Å². The van der Waals surface area contributed by atoms with Crippen LogP contribution in [-0.2, 0) is 12.8 Å². The van der Waals surface area contributed by atoms with Crippen molar-refractivity contribution < 1.29 is 18.3 Å². The minimum Gasteiger partial charge on any atom is -0.392 e. The van der Waals surface area contributed by atoms with Crippen LogP contribution in [0.1, 0.15) is 36.5 Å². The number of aliphatic hydroxyl groups excluding tert-OH is 1. The molecule has 0 radical (unpaired) electrons. The molecule has 0 bridgehead atoms. The SMILES string of the molecule is CC(C)c1cc(CO)cc(C(F)(F)F)c1. The summed E-state index contributed by atoms with van der Waals surface area (Å²) in [6, 6.07) is 3.70. The molecule has 0 aliphatic rings. The Morgan fingerprint density at radius 3 is 2.20 bits per heavy atom. The largest absolute Gasteiger partial charge is 0.416 e. The van der Waals surface area contributed by atoms with Crippen molar-refractivity contribution in [1.29, 1.82) is 0 Å². The summed E-state index contributed by atoms with van der Waals surface area (Å²) in [5, 5.41) is 8.87. The van der Waals surface area contributed by atoms with Crippen molar-refractivity contribution in [1.82, 2.24) is 0 Å². The van der Waals surface area contributed by atoms with Crippen LogP contribution in [0.2, 0.25) is 0 Å². The maximum absolute atomic E-state index is 12.5. The lowest BCUT2D eigenvalue weighted by Gasteiger charge is -2.13. The van der Waals surface area contributed by atoms with Crippen LogP contribution >= 0.6 is 0 Å². The van der Waals surface area contributed by atoms with Gasteiger partial charge < -0.3 is 5.11 Å². The van der Waals surface area contributed by atoms with E-state index in [4.69, 9.17) is 5.11 Å². The molecule has 0 spiro atoms. The molecule has 0 amide bonds. The molecule has 0 heterocycles. The van der Waals surface area contributed by atoms with Gasteiger partial charge in [0.2, 0.25) is 0 Å². The van der Waals surface area contributed by atoms with Gasteiger partial charge in [-0.3, -0.25) is 0 Å². The number of aliphatic hydroxyl groups is 1. The van der Waals surface area contributed by atoms with Crippen LogP contribution in [0.4, 0.5) is 13.2 Å². The van der Waals surface area contributed by atoms with Gasteiger partial charge in [0.1, 0.15) is 0 Å². The van der Waals surface area contributed by atoms with Gasteiger partial charge in [0.05, 0.1) is 12.2 Å². The number of hydrogen-bond donors (Lipinski definition) is 1. The van der Waals surface area contributed by atoms with Crippen molar-refractivity contribution in [2.24, 2.45) is 0 Å². The lowest BCUT2D eigenvalue weighted by molar-refractivity contribution is -0.137. The van der Waals surface area contributed by atoms with E-state index in [9.17, 15) is 13.2 Å². The summed E-state index contributed by atoms with van der Waals surface area (Å²) < 4.78 is 37.4. The molecule has 0 aliphatic carbocycles. The van der Waals surface area contributed by atoms with Crippen molar-refractivity contribution in [3.63, 3.8) is 0 Å². The zero-order valence-corrected chi connectivity index (χ0v) is 8.60. The quantitative estimate of drug-likeness (QED) is 0.807. The Morgan fingerprint density at radius 1 is 1.20 bits per heavy atom. The molecule has 0 fully saturated rings. The Kier molecular flexibility index (Phi) is 3.39. The normalized spacial score (nSPS) is 12.2. The first-order valence-electron chi connectivity index (χ1n) is 4.66. The Labute approximate surface area is 86.5 Å². The van der Waals surface area contributed by atoms with Crippen molar-refractivity contribution in [2.45, 2.75) is 32.5 Å². The first-order valence-corrected chi connectivity index (χ1v) is 4.66. The maximum Gasteiger partial charge on any atom is 0.416 e. The Balaban J connectivity index is 3.23. The maximum atomic E-state index is 12.5. The molecule has 0 unspecified atom stereocenters. The highest BCUT2D eigenvalue weighted by Crippen LogP contribution is 2.32. The molecular formula is C11H13F3O. The number of benzene rings is 1. The van der Waals surface area contributed by atoms with Crippen LogP contribution in [0, 0.1) is 0 Å². The Morgan fingerprint density at radius 2 is 1.80 bits per heavy atom. The summed E-state index contributed by atoms with van der Waals surface area (Å²) >= 11 is 0. The van der Waals surface area contributed by atoms with E-state index in [0.29, 0.717) is 11.1 Å². The highest BCUT2D eigenvalue weighted by Gasteiger charge is 2.31. The first kappa shape index (κ1) is 12.0. The van der Waals surface area contributed by atoms with Gasteiger partial charge in [0.15, 0.2) is 0 Å². The second kappa shape index (κ2) is 4.23. The molecule has 1 N–H and O–H groups in total. The van der Waals surface area contributed by atoms with Gasteiger partial charge in [-0.25, -0.2) is 0 Å². The van der Waals surface area contributed by atoms with Gasteiger partial charge in [-0.1, -0.05) is 19.9 Å². The summed E-state index contributed by atoms with van der Waals surface area (Å²) in [6.45, 7) is 3.26. The fraction of sp³-hybridized carbons (Fsp3) is 0.455. The zero-order chi connectivity index (χ0) is 11.6. The van der Waals surface area contributed by atoms with Gasteiger partial charge in [-0.05, 0) is 29.2 Å². The molecule has 15 heavy (non-hydrogen) atoms. The van der Waals surface area contributed by atoms with Crippen molar-refractivity contribution in [2.75, 3.05) is 0 Å². The number of hydrogen-bond acceptors (Lipinski definition) is 1. The predicted molar refractivity (Wildman–Crippen MR) is 51.5 cm³/mol. The molecule has 0 saturated carbocycles. The smallest absolute Gasteiger partial charge is 0.392 e.